The van der Waals surface area contributed by atoms with Crippen LogP contribution >= 0.6 is 0 Å². The Morgan fingerprint density at radius 2 is 1.07 bits per heavy atom. The van der Waals surface area contributed by atoms with Gasteiger partial charge in [0.15, 0.2) is 28.8 Å². The van der Waals surface area contributed by atoms with Crippen LogP contribution in [0.3, 0.4) is 0 Å². The molecule has 0 aromatic rings. The number of carbonyl (C=O) groups is 2. The van der Waals surface area contributed by atoms with Crippen molar-refractivity contribution in [2.24, 2.45) is 0 Å². The number of hydrogen-bond donors (Lipinski definition) is 0. The summed E-state index contributed by atoms with van der Waals surface area (Å²) in [4.78, 5) is 25.6. The maximum atomic E-state index is 12.8. The Morgan fingerprint density at radius 1 is 0.704 bits per heavy atom. The zero-order chi connectivity index (χ0) is 21.1. The number of ether oxygens (including phenoxy) is 2. The van der Waals surface area contributed by atoms with Gasteiger partial charge in [-0.15, -0.1) is 0 Å². The predicted molar refractivity (Wildman–Crippen MR) is 113 cm³/mol. The number of hydrogen-bond acceptors (Lipinski definition) is 6. The Balaban J connectivity index is 5.85. The lowest BCUT2D eigenvalue weighted by Gasteiger charge is -2.36. The van der Waals surface area contributed by atoms with Crippen molar-refractivity contribution in [2.75, 3.05) is 13.2 Å². The van der Waals surface area contributed by atoms with E-state index in [1.54, 1.807) is 0 Å². The van der Waals surface area contributed by atoms with Crippen LogP contribution in [0.5, 0.6) is 0 Å². The minimum Gasteiger partial charge on any atom is -0.464 e. The molecule has 0 saturated carbocycles. The second kappa shape index (κ2) is 12.7. The summed E-state index contributed by atoms with van der Waals surface area (Å²) in [6.07, 6.45) is -0.742. The van der Waals surface area contributed by atoms with E-state index in [9.17, 15) is 9.59 Å². The van der Waals surface area contributed by atoms with Gasteiger partial charge in [0, 0.05) is 0 Å². The quantitative estimate of drug-likeness (QED) is 0.304. The van der Waals surface area contributed by atoms with Crippen LogP contribution in [0.1, 0.15) is 47.5 Å². The Kier molecular flexibility index (Phi) is 12.4. The van der Waals surface area contributed by atoms with Gasteiger partial charge in [-0.25, -0.2) is 9.59 Å². The van der Waals surface area contributed by atoms with Gasteiger partial charge in [-0.05, 0) is 50.6 Å². The second-order valence-corrected chi connectivity index (χ2v) is 17.0. The number of esters is 2. The van der Waals surface area contributed by atoms with Crippen LogP contribution in [0, 0.1) is 0 Å². The molecule has 0 aliphatic carbocycles. The van der Waals surface area contributed by atoms with Crippen LogP contribution in [0.15, 0.2) is 0 Å². The van der Waals surface area contributed by atoms with Crippen LogP contribution < -0.4 is 0 Å². The highest BCUT2D eigenvalue weighted by Crippen LogP contribution is 2.27. The molecule has 0 spiro atoms. The van der Waals surface area contributed by atoms with E-state index in [-0.39, 0.29) is 0 Å². The molecule has 0 heterocycles. The van der Waals surface area contributed by atoms with Gasteiger partial charge in [-0.1, -0.05) is 34.6 Å². The van der Waals surface area contributed by atoms with Crippen LogP contribution in [0.2, 0.25) is 37.8 Å². The topological polar surface area (TPSA) is 71.1 Å². The number of carbonyl (C=O) groups excluding carboxylic acids is 2. The Hall–Kier alpha value is -0.706. The molecule has 0 amide bonds. The van der Waals surface area contributed by atoms with Gasteiger partial charge in [-0.2, -0.15) is 0 Å². The lowest BCUT2D eigenvalue weighted by molar-refractivity contribution is -0.170. The van der Waals surface area contributed by atoms with Crippen molar-refractivity contribution in [3.8, 4) is 0 Å². The smallest absolute Gasteiger partial charge is 0.337 e. The molecule has 160 valence electrons. The molecule has 0 rings (SSSR count). The zero-order valence-corrected chi connectivity index (χ0v) is 20.6. The van der Waals surface area contributed by atoms with E-state index in [1.165, 1.54) is 0 Å². The normalized spacial score (nSPS) is 14.5. The highest BCUT2D eigenvalue weighted by atomic mass is 28.4. The van der Waals surface area contributed by atoms with Crippen LogP contribution in [-0.2, 0) is 27.9 Å². The Bertz CT molecular complexity index is 438. The summed E-state index contributed by atoms with van der Waals surface area (Å²) >= 11 is 0. The van der Waals surface area contributed by atoms with Crippen molar-refractivity contribution in [1.82, 2.24) is 0 Å². The summed E-state index contributed by atoms with van der Waals surface area (Å²) in [6, 6.07) is 2.59. The summed E-state index contributed by atoms with van der Waals surface area (Å²) in [5.74, 6) is -1.07. The Morgan fingerprint density at radius 3 is 1.37 bits per heavy atom. The monoisotopic (exact) mass is 420 g/mol. The molecular formula is C19H40O6Si2. The van der Waals surface area contributed by atoms with Crippen molar-refractivity contribution in [3.63, 3.8) is 0 Å². The van der Waals surface area contributed by atoms with Crippen molar-refractivity contribution in [3.05, 3.63) is 0 Å². The van der Waals surface area contributed by atoms with E-state index in [1.807, 2.05) is 33.5 Å². The van der Waals surface area contributed by atoms with E-state index >= 15 is 0 Å². The van der Waals surface area contributed by atoms with Gasteiger partial charge in [0.25, 0.3) is 0 Å². The second-order valence-electron chi connectivity index (χ2n) is 7.77. The summed E-state index contributed by atoms with van der Waals surface area (Å²) in [5.41, 5.74) is 0. The lowest BCUT2D eigenvalue weighted by Crippen LogP contribution is -2.54. The lowest BCUT2D eigenvalue weighted by atomic mass is 10.2. The molecule has 0 fully saturated rings. The molecule has 0 aromatic heterocycles. The van der Waals surface area contributed by atoms with E-state index in [4.69, 9.17) is 18.3 Å². The van der Waals surface area contributed by atoms with Crippen molar-refractivity contribution < 1.29 is 27.9 Å². The van der Waals surface area contributed by atoms with Crippen molar-refractivity contribution in [2.45, 2.75) is 97.4 Å². The van der Waals surface area contributed by atoms with Crippen molar-refractivity contribution in [1.29, 1.82) is 0 Å². The first-order valence-corrected chi connectivity index (χ1v) is 16.2. The standard InChI is InChI=1S/C19H40O6Si2/c1-9-14-22-18(20)16(24-26(6,7)8)17(19(21)23-15-10-2)25-27(11-3,12-4)13-5/h16-17H,9-15H2,1-8H3. The minimum absolute atomic E-state index is 0.291. The summed E-state index contributed by atoms with van der Waals surface area (Å²) < 4.78 is 23.2. The third-order valence-electron chi connectivity index (χ3n) is 4.43. The summed E-state index contributed by atoms with van der Waals surface area (Å²) in [6.45, 7) is 16.6. The third kappa shape index (κ3) is 9.36. The van der Waals surface area contributed by atoms with E-state index < -0.39 is 40.8 Å². The molecule has 2 atom stereocenters. The maximum absolute atomic E-state index is 12.8. The van der Waals surface area contributed by atoms with E-state index in [0.717, 1.165) is 18.1 Å². The van der Waals surface area contributed by atoms with Gasteiger partial charge in [-0.3, -0.25) is 0 Å². The van der Waals surface area contributed by atoms with Crippen molar-refractivity contribution >= 4 is 28.6 Å². The molecule has 0 aromatic carbocycles. The third-order valence-corrected chi connectivity index (χ3v) is 10.0. The minimum atomic E-state index is -2.17. The van der Waals surface area contributed by atoms with Gasteiger partial charge < -0.3 is 18.3 Å². The molecule has 0 N–H and O–H groups in total. The molecule has 0 aliphatic rings. The van der Waals surface area contributed by atoms with E-state index in [2.05, 4.69) is 20.8 Å². The SMILES string of the molecule is CCCOC(=O)C(O[Si](C)(C)C)C(O[Si](CC)(CC)CC)C(=O)OCCC. The van der Waals surface area contributed by atoms with Gasteiger partial charge in [0.2, 0.25) is 0 Å². The largest absolute Gasteiger partial charge is 0.464 e. The van der Waals surface area contributed by atoms with E-state index in [0.29, 0.717) is 26.1 Å². The molecule has 0 aliphatic heterocycles. The van der Waals surface area contributed by atoms with Crippen LogP contribution in [0.4, 0.5) is 0 Å². The molecule has 6 nitrogen and oxygen atoms in total. The van der Waals surface area contributed by atoms with Gasteiger partial charge in [0.1, 0.15) is 0 Å². The predicted octanol–water partition coefficient (Wildman–Crippen LogP) is 4.50. The highest BCUT2D eigenvalue weighted by Gasteiger charge is 2.45. The fraction of sp³-hybridized carbons (Fsp3) is 0.895. The highest BCUT2D eigenvalue weighted by molar-refractivity contribution is 6.73. The molecule has 0 radical (unpaired) electrons. The molecule has 27 heavy (non-hydrogen) atoms. The van der Waals surface area contributed by atoms with Gasteiger partial charge in [0.05, 0.1) is 13.2 Å². The Labute approximate surface area is 167 Å². The van der Waals surface area contributed by atoms with Gasteiger partial charge >= 0.3 is 11.9 Å². The molecular weight excluding hydrogens is 380 g/mol. The fourth-order valence-electron chi connectivity index (χ4n) is 2.69. The average molecular weight is 421 g/mol. The number of rotatable bonds is 14. The zero-order valence-electron chi connectivity index (χ0n) is 18.6. The first kappa shape index (κ1) is 26.3. The fourth-order valence-corrected chi connectivity index (χ4v) is 6.43. The average Bonchev–Trinajstić information content (AvgIpc) is 2.63. The summed E-state index contributed by atoms with van der Waals surface area (Å²) in [5, 5.41) is 0. The van der Waals surface area contributed by atoms with Crippen LogP contribution in [0.25, 0.3) is 0 Å². The molecule has 8 heteroatoms. The van der Waals surface area contributed by atoms with Crippen LogP contribution in [-0.4, -0.2) is 54.0 Å². The molecule has 2 unspecified atom stereocenters. The summed E-state index contributed by atoms with van der Waals surface area (Å²) in [7, 11) is -4.31. The maximum Gasteiger partial charge on any atom is 0.337 e. The molecule has 0 bridgehead atoms. The first-order chi connectivity index (χ1) is 12.6. The first-order valence-electron chi connectivity index (χ1n) is 10.3. The molecule has 0 saturated heterocycles.